The molecule has 0 unspecified atom stereocenters. The summed E-state index contributed by atoms with van der Waals surface area (Å²) in [5.41, 5.74) is 2.48. The van der Waals surface area contributed by atoms with Gasteiger partial charge < -0.3 is 4.90 Å². The molecule has 0 N–H and O–H groups in total. The Kier molecular flexibility index (Phi) is 2.92. The number of hydrogen-bond acceptors (Lipinski definition) is 1. The quantitative estimate of drug-likeness (QED) is 0.699. The van der Waals surface area contributed by atoms with E-state index in [0.29, 0.717) is 0 Å². The van der Waals surface area contributed by atoms with Crippen LogP contribution in [0, 0.1) is 0 Å². The molecule has 1 aliphatic rings. The van der Waals surface area contributed by atoms with E-state index in [4.69, 9.17) is 0 Å². The van der Waals surface area contributed by atoms with Crippen LogP contribution in [0.4, 0.5) is 11.4 Å². The lowest BCUT2D eigenvalue weighted by Crippen LogP contribution is -2.24. The van der Waals surface area contributed by atoms with E-state index in [-0.39, 0.29) is 0 Å². The second kappa shape index (κ2) is 4.36. The zero-order valence-electron chi connectivity index (χ0n) is 8.74. The monoisotopic (exact) mass is 189 g/mol. The molecule has 75 valence electrons. The Morgan fingerprint density at radius 2 is 2.21 bits per heavy atom. The van der Waals surface area contributed by atoms with E-state index < -0.39 is 0 Å². The van der Waals surface area contributed by atoms with E-state index in [1.54, 1.807) is 0 Å². The smallest absolute Gasteiger partial charge is 0.0807 e. The van der Waals surface area contributed by atoms with Crippen molar-refractivity contribution in [3.8, 4) is 0 Å². The molecule has 2 nitrogen and oxygen atoms in total. The minimum atomic E-state index is 0.969. The molecule has 0 fully saturated rings. The zero-order valence-corrected chi connectivity index (χ0v) is 8.74. The number of rotatable bonds is 2. The van der Waals surface area contributed by atoms with Crippen LogP contribution in [-0.4, -0.2) is 19.6 Å². The predicted octanol–water partition coefficient (Wildman–Crippen LogP) is 2.54. The summed E-state index contributed by atoms with van der Waals surface area (Å²) in [5.74, 6) is 0. The van der Waals surface area contributed by atoms with Gasteiger partial charge in [0, 0.05) is 19.6 Å². The van der Waals surface area contributed by atoms with Gasteiger partial charge in [-0.25, -0.2) is 0 Å². The maximum Gasteiger partial charge on any atom is 0.0807 e. The standard InChI is InChI=1S/C12H17N2/c1-2-9-14-10-5-8-13-11-6-3-4-7-12(11)14/h3-4,6-7H,2,5,8-10H2,1H3. The Morgan fingerprint density at radius 3 is 3.07 bits per heavy atom. The highest BCUT2D eigenvalue weighted by molar-refractivity contribution is 5.66. The van der Waals surface area contributed by atoms with Gasteiger partial charge in [-0.15, -0.1) is 0 Å². The van der Waals surface area contributed by atoms with Gasteiger partial charge in [-0.05, 0) is 25.0 Å². The summed E-state index contributed by atoms with van der Waals surface area (Å²) in [6.07, 6.45) is 2.38. The highest BCUT2D eigenvalue weighted by Gasteiger charge is 2.13. The first kappa shape index (κ1) is 9.38. The predicted molar refractivity (Wildman–Crippen MR) is 60.2 cm³/mol. The maximum absolute atomic E-state index is 4.58. The van der Waals surface area contributed by atoms with Crippen LogP contribution in [0.3, 0.4) is 0 Å². The Bertz CT molecular complexity index is 296. The van der Waals surface area contributed by atoms with Crippen LogP contribution in [-0.2, 0) is 0 Å². The number of benzene rings is 1. The second-order valence-electron chi connectivity index (χ2n) is 3.71. The number of hydrogen-bond donors (Lipinski definition) is 0. The summed E-state index contributed by atoms with van der Waals surface area (Å²) < 4.78 is 0. The summed E-state index contributed by atoms with van der Waals surface area (Å²) in [4.78, 5) is 2.45. The third-order valence-corrected chi connectivity index (χ3v) is 2.58. The van der Waals surface area contributed by atoms with Crippen molar-refractivity contribution in [2.45, 2.75) is 19.8 Å². The first-order valence-corrected chi connectivity index (χ1v) is 5.43. The molecule has 0 aromatic heterocycles. The van der Waals surface area contributed by atoms with Crippen molar-refractivity contribution < 1.29 is 0 Å². The molecule has 1 heterocycles. The lowest BCUT2D eigenvalue weighted by Gasteiger charge is -2.23. The molecule has 0 amide bonds. The topological polar surface area (TPSA) is 17.3 Å². The summed E-state index contributed by atoms with van der Waals surface area (Å²) in [5, 5.41) is 4.58. The SMILES string of the molecule is CCCN1CCC[N]c2ccccc21. The number of nitrogens with zero attached hydrogens (tertiary/aromatic N) is 2. The summed E-state index contributed by atoms with van der Waals surface area (Å²) >= 11 is 0. The molecule has 0 bridgehead atoms. The molecule has 0 saturated carbocycles. The Labute approximate surface area is 85.9 Å². The van der Waals surface area contributed by atoms with Crippen LogP contribution in [0.5, 0.6) is 0 Å². The van der Waals surface area contributed by atoms with Gasteiger partial charge in [-0.2, -0.15) is 0 Å². The van der Waals surface area contributed by atoms with Crippen molar-refractivity contribution in [1.29, 1.82) is 0 Å². The maximum atomic E-state index is 4.58. The van der Waals surface area contributed by atoms with Crippen molar-refractivity contribution in [1.82, 2.24) is 5.32 Å². The third-order valence-electron chi connectivity index (χ3n) is 2.58. The molecular formula is C12H17N2. The molecule has 1 radical (unpaired) electrons. The van der Waals surface area contributed by atoms with E-state index in [0.717, 1.165) is 19.6 Å². The summed E-state index contributed by atoms with van der Waals surface area (Å²) in [6, 6.07) is 8.46. The van der Waals surface area contributed by atoms with Crippen molar-refractivity contribution in [2.24, 2.45) is 0 Å². The van der Waals surface area contributed by atoms with Gasteiger partial charge >= 0.3 is 0 Å². The van der Waals surface area contributed by atoms with E-state index in [1.165, 1.54) is 24.2 Å². The lowest BCUT2D eigenvalue weighted by atomic mass is 10.2. The van der Waals surface area contributed by atoms with Crippen molar-refractivity contribution in [3.63, 3.8) is 0 Å². The first-order valence-electron chi connectivity index (χ1n) is 5.43. The fraction of sp³-hybridized carbons (Fsp3) is 0.500. The van der Waals surface area contributed by atoms with Crippen LogP contribution in [0.15, 0.2) is 24.3 Å². The van der Waals surface area contributed by atoms with E-state index in [2.05, 4.69) is 41.4 Å². The molecular weight excluding hydrogens is 172 g/mol. The van der Waals surface area contributed by atoms with Crippen LogP contribution in [0.1, 0.15) is 19.8 Å². The van der Waals surface area contributed by atoms with Crippen molar-refractivity contribution in [2.75, 3.05) is 24.5 Å². The first-order chi connectivity index (χ1) is 6.92. The highest BCUT2D eigenvalue weighted by atomic mass is 15.2. The van der Waals surface area contributed by atoms with E-state index >= 15 is 0 Å². The van der Waals surface area contributed by atoms with Gasteiger partial charge in [-0.1, -0.05) is 19.1 Å². The molecule has 0 spiro atoms. The van der Waals surface area contributed by atoms with Crippen molar-refractivity contribution >= 4 is 11.4 Å². The fourth-order valence-electron chi connectivity index (χ4n) is 1.95. The Hall–Kier alpha value is -1.18. The average molecular weight is 189 g/mol. The van der Waals surface area contributed by atoms with E-state index in [9.17, 15) is 0 Å². The van der Waals surface area contributed by atoms with Crippen LogP contribution in [0.25, 0.3) is 0 Å². The van der Waals surface area contributed by atoms with Crippen LogP contribution in [0.2, 0.25) is 0 Å². The lowest BCUT2D eigenvalue weighted by molar-refractivity contribution is 0.715. The molecule has 0 aliphatic carbocycles. The number of para-hydroxylation sites is 2. The van der Waals surface area contributed by atoms with Gasteiger partial charge in [0.15, 0.2) is 0 Å². The van der Waals surface area contributed by atoms with Gasteiger partial charge in [0.2, 0.25) is 0 Å². The molecule has 1 aromatic rings. The molecule has 1 aliphatic heterocycles. The number of anilines is 1. The van der Waals surface area contributed by atoms with Crippen molar-refractivity contribution in [3.05, 3.63) is 24.3 Å². The van der Waals surface area contributed by atoms with Gasteiger partial charge in [0.05, 0.1) is 11.4 Å². The summed E-state index contributed by atoms with van der Waals surface area (Å²) in [6.45, 7) is 5.49. The Morgan fingerprint density at radius 1 is 1.36 bits per heavy atom. The van der Waals surface area contributed by atoms with Gasteiger partial charge in [0.1, 0.15) is 0 Å². The minimum Gasteiger partial charge on any atom is -0.370 e. The van der Waals surface area contributed by atoms with E-state index in [1.807, 2.05) is 0 Å². The van der Waals surface area contributed by atoms with Gasteiger partial charge in [-0.3, -0.25) is 5.32 Å². The van der Waals surface area contributed by atoms with Crippen LogP contribution < -0.4 is 10.2 Å². The molecule has 1 aromatic carbocycles. The largest absolute Gasteiger partial charge is 0.370 e. The average Bonchev–Trinajstić information content (AvgIpc) is 2.42. The van der Waals surface area contributed by atoms with Crippen LogP contribution >= 0.6 is 0 Å². The highest BCUT2D eigenvalue weighted by Crippen LogP contribution is 2.27. The normalized spacial score (nSPS) is 15.6. The Balaban J connectivity index is 2.27. The molecule has 0 atom stereocenters. The summed E-state index contributed by atoms with van der Waals surface area (Å²) in [7, 11) is 0. The number of fused-ring (bicyclic) bond motifs is 1. The fourth-order valence-corrected chi connectivity index (χ4v) is 1.95. The minimum absolute atomic E-state index is 0.969. The third kappa shape index (κ3) is 1.84. The molecule has 2 rings (SSSR count). The second-order valence-corrected chi connectivity index (χ2v) is 3.71. The molecule has 0 saturated heterocycles. The zero-order chi connectivity index (χ0) is 9.80. The molecule has 2 heteroatoms. The molecule has 14 heavy (non-hydrogen) atoms. The van der Waals surface area contributed by atoms with Gasteiger partial charge in [0.25, 0.3) is 0 Å².